The largest absolute Gasteiger partial charge is 0.435 e. The van der Waals surface area contributed by atoms with Gasteiger partial charge in [-0.15, -0.1) is 0 Å². The van der Waals surface area contributed by atoms with Crippen LogP contribution in [0.1, 0.15) is 35.6 Å². The first-order valence-electron chi connectivity index (χ1n) is 11.6. The Morgan fingerprint density at radius 3 is 2.41 bits per heavy atom. The van der Waals surface area contributed by atoms with E-state index in [1.54, 1.807) is 18.2 Å². The topological polar surface area (TPSA) is 61.9 Å². The van der Waals surface area contributed by atoms with Gasteiger partial charge in [-0.25, -0.2) is 13.1 Å². The van der Waals surface area contributed by atoms with Gasteiger partial charge in [0.05, 0.1) is 4.91 Å². The van der Waals surface area contributed by atoms with Crippen molar-refractivity contribution in [2.45, 2.75) is 39.5 Å². The summed E-state index contributed by atoms with van der Waals surface area (Å²) in [7, 11) is -3.67. The van der Waals surface area contributed by atoms with Crippen molar-refractivity contribution >= 4 is 16.1 Å². The van der Waals surface area contributed by atoms with Crippen LogP contribution in [0.2, 0.25) is 0 Å². The second-order valence-electron chi connectivity index (χ2n) is 8.65. The number of ether oxygens (including phenoxy) is 1. The number of nitrogens with one attached hydrogen (secondary N) is 1. The maximum absolute atomic E-state index is 13.0. The molecule has 2 aliphatic rings. The Hall–Kier alpha value is -2.33. The van der Waals surface area contributed by atoms with Gasteiger partial charge < -0.3 is 9.64 Å². The van der Waals surface area contributed by atoms with Crippen molar-refractivity contribution in [3.05, 3.63) is 69.6 Å². The first-order chi connectivity index (χ1) is 16.3. The summed E-state index contributed by atoms with van der Waals surface area (Å²) in [6.45, 7) is 5.49. The van der Waals surface area contributed by atoms with Gasteiger partial charge in [0, 0.05) is 39.3 Å². The number of sulfonamides is 1. The highest BCUT2D eigenvalue weighted by Crippen LogP contribution is 2.30. The number of likely N-dealkylation sites (N-methyl/N-ethyl adjacent to an activating group) is 1. The molecule has 1 aliphatic carbocycles. The average molecular weight is 492 g/mol. The van der Waals surface area contributed by atoms with E-state index in [1.165, 1.54) is 6.07 Å². The summed E-state index contributed by atoms with van der Waals surface area (Å²) in [6.07, 6.45) is 2.37. The normalized spacial score (nSPS) is 17.5. The Kier molecular flexibility index (Phi) is 7.98. The standard InChI is InChI=1S/C25H31F2N3O3S/c1-2-29-11-13-30(14-12-29)18-22-6-4-3-5-21(22)17-28-34(31,32)24-10-8-19-15-23(33-25(26)27)9-7-20(19)16-24/h3-7,9,15-16,25,28H,2,8,10-14,17-18H2,1H3. The zero-order valence-corrected chi connectivity index (χ0v) is 20.2. The summed E-state index contributed by atoms with van der Waals surface area (Å²) >= 11 is 0. The van der Waals surface area contributed by atoms with Crippen LogP contribution in [0.25, 0.3) is 6.08 Å². The summed E-state index contributed by atoms with van der Waals surface area (Å²) < 4.78 is 58.2. The Balaban J connectivity index is 1.41. The van der Waals surface area contributed by atoms with Gasteiger partial charge in [-0.1, -0.05) is 37.3 Å². The molecule has 1 aliphatic heterocycles. The lowest BCUT2D eigenvalue weighted by Crippen LogP contribution is -2.45. The van der Waals surface area contributed by atoms with Crippen LogP contribution in [0.5, 0.6) is 5.75 Å². The second-order valence-corrected chi connectivity index (χ2v) is 10.5. The molecule has 9 heteroatoms. The summed E-state index contributed by atoms with van der Waals surface area (Å²) in [4.78, 5) is 5.14. The number of fused-ring (bicyclic) bond motifs is 1. The highest BCUT2D eigenvalue weighted by Gasteiger charge is 2.23. The van der Waals surface area contributed by atoms with Gasteiger partial charge in [0.2, 0.25) is 10.0 Å². The van der Waals surface area contributed by atoms with E-state index in [2.05, 4.69) is 32.2 Å². The molecule has 0 aromatic heterocycles. The predicted molar refractivity (Wildman–Crippen MR) is 129 cm³/mol. The lowest BCUT2D eigenvalue weighted by molar-refractivity contribution is -0.0498. The van der Waals surface area contributed by atoms with Crippen molar-refractivity contribution < 1.29 is 21.9 Å². The summed E-state index contributed by atoms with van der Waals surface area (Å²) in [5.41, 5.74) is 3.60. The number of allylic oxidation sites excluding steroid dienone is 1. The highest BCUT2D eigenvalue weighted by atomic mass is 32.2. The number of piperazine rings is 1. The molecular weight excluding hydrogens is 460 g/mol. The van der Waals surface area contributed by atoms with E-state index in [-0.39, 0.29) is 12.3 Å². The van der Waals surface area contributed by atoms with Crippen LogP contribution in [0.3, 0.4) is 0 Å². The van der Waals surface area contributed by atoms with E-state index in [1.807, 2.05) is 18.2 Å². The molecule has 0 radical (unpaired) electrons. The van der Waals surface area contributed by atoms with Crippen molar-refractivity contribution in [2.75, 3.05) is 32.7 Å². The molecule has 1 N–H and O–H groups in total. The van der Waals surface area contributed by atoms with Gasteiger partial charge in [-0.2, -0.15) is 8.78 Å². The maximum atomic E-state index is 13.0. The lowest BCUT2D eigenvalue weighted by Gasteiger charge is -2.34. The van der Waals surface area contributed by atoms with Gasteiger partial charge in [0.25, 0.3) is 0 Å². The molecule has 0 saturated carbocycles. The highest BCUT2D eigenvalue weighted by molar-refractivity contribution is 7.93. The average Bonchev–Trinajstić information content (AvgIpc) is 2.83. The fourth-order valence-electron chi connectivity index (χ4n) is 4.49. The lowest BCUT2D eigenvalue weighted by atomic mass is 9.97. The Bertz CT molecular complexity index is 1130. The summed E-state index contributed by atoms with van der Waals surface area (Å²) in [5, 5.41) is 0. The number of hydrogen-bond acceptors (Lipinski definition) is 5. The molecule has 0 unspecified atom stereocenters. The quantitative estimate of drug-likeness (QED) is 0.578. The third-order valence-electron chi connectivity index (χ3n) is 6.52. The molecule has 1 heterocycles. The predicted octanol–water partition coefficient (Wildman–Crippen LogP) is 3.83. The second kappa shape index (κ2) is 10.9. The molecule has 0 bridgehead atoms. The fourth-order valence-corrected chi connectivity index (χ4v) is 5.67. The first kappa shape index (κ1) is 24.8. The van der Waals surface area contributed by atoms with Gasteiger partial charge >= 0.3 is 6.61 Å². The molecule has 0 amide bonds. The minimum atomic E-state index is -3.67. The molecule has 1 fully saturated rings. The Morgan fingerprint density at radius 1 is 1.00 bits per heavy atom. The van der Waals surface area contributed by atoms with Crippen molar-refractivity contribution in [3.63, 3.8) is 0 Å². The number of halogens is 2. The van der Waals surface area contributed by atoms with Gasteiger partial charge in [-0.05, 0) is 59.8 Å². The summed E-state index contributed by atoms with van der Waals surface area (Å²) in [6, 6.07) is 12.5. The van der Waals surface area contributed by atoms with Crippen LogP contribution in [-0.2, 0) is 29.5 Å². The molecule has 2 aromatic rings. The third-order valence-corrected chi connectivity index (χ3v) is 8.06. The van der Waals surface area contributed by atoms with E-state index in [0.717, 1.165) is 56.0 Å². The van der Waals surface area contributed by atoms with E-state index in [9.17, 15) is 17.2 Å². The third kappa shape index (κ3) is 6.21. The monoisotopic (exact) mass is 491 g/mol. The SMILES string of the molecule is CCN1CCN(Cc2ccccc2CNS(=O)(=O)C2=Cc3ccc(OC(F)F)cc3CC2)CC1. The number of aryl methyl sites for hydroxylation is 1. The molecule has 6 nitrogen and oxygen atoms in total. The molecule has 0 spiro atoms. The molecule has 1 saturated heterocycles. The van der Waals surface area contributed by atoms with Crippen LogP contribution in [-0.4, -0.2) is 57.6 Å². The van der Waals surface area contributed by atoms with Crippen LogP contribution >= 0.6 is 0 Å². The van der Waals surface area contributed by atoms with Crippen molar-refractivity contribution in [1.29, 1.82) is 0 Å². The van der Waals surface area contributed by atoms with Crippen molar-refractivity contribution in [1.82, 2.24) is 14.5 Å². The molecule has 34 heavy (non-hydrogen) atoms. The zero-order chi connectivity index (χ0) is 24.1. The number of alkyl halides is 2. The minimum Gasteiger partial charge on any atom is -0.435 e. The number of nitrogens with zero attached hydrogens (tertiary/aromatic N) is 2. The Morgan fingerprint density at radius 2 is 1.71 bits per heavy atom. The molecule has 4 rings (SSSR count). The van der Waals surface area contributed by atoms with Crippen LogP contribution in [0.4, 0.5) is 8.78 Å². The van der Waals surface area contributed by atoms with Gasteiger partial charge in [0.1, 0.15) is 5.75 Å². The van der Waals surface area contributed by atoms with Crippen LogP contribution in [0, 0.1) is 0 Å². The van der Waals surface area contributed by atoms with E-state index >= 15 is 0 Å². The van der Waals surface area contributed by atoms with Gasteiger partial charge in [-0.3, -0.25) is 4.90 Å². The molecule has 2 aromatic carbocycles. The van der Waals surface area contributed by atoms with Crippen molar-refractivity contribution in [3.8, 4) is 5.75 Å². The Labute approximate surface area is 200 Å². The minimum absolute atomic E-state index is 0.0827. The van der Waals surface area contributed by atoms with Crippen LogP contribution in [0.15, 0.2) is 47.4 Å². The first-order valence-corrected chi connectivity index (χ1v) is 13.1. The van der Waals surface area contributed by atoms with Crippen molar-refractivity contribution in [2.24, 2.45) is 0 Å². The van der Waals surface area contributed by atoms with E-state index in [0.29, 0.717) is 23.3 Å². The van der Waals surface area contributed by atoms with E-state index in [4.69, 9.17) is 0 Å². The summed E-state index contributed by atoms with van der Waals surface area (Å²) in [5.74, 6) is 0.0827. The number of benzene rings is 2. The fraction of sp³-hybridized carbons (Fsp3) is 0.440. The zero-order valence-electron chi connectivity index (χ0n) is 19.3. The van der Waals surface area contributed by atoms with Crippen LogP contribution < -0.4 is 9.46 Å². The van der Waals surface area contributed by atoms with E-state index < -0.39 is 16.6 Å². The number of hydrogen-bond donors (Lipinski definition) is 1. The molecule has 184 valence electrons. The molecular formula is C25H31F2N3O3S. The number of rotatable bonds is 9. The molecule has 0 atom stereocenters. The smallest absolute Gasteiger partial charge is 0.387 e. The maximum Gasteiger partial charge on any atom is 0.387 e. The van der Waals surface area contributed by atoms with Gasteiger partial charge in [0.15, 0.2) is 0 Å².